The number of hydrogen-bond donors (Lipinski definition) is 1. The van der Waals surface area contributed by atoms with Crippen LogP contribution in [0.2, 0.25) is 0 Å². The van der Waals surface area contributed by atoms with E-state index in [2.05, 4.69) is 30.2 Å². The molecule has 1 atom stereocenters. The molecule has 1 aliphatic heterocycles. The van der Waals surface area contributed by atoms with Gasteiger partial charge in [-0.1, -0.05) is 6.07 Å². The van der Waals surface area contributed by atoms with Crippen molar-refractivity contribution in [1.82, 2.24) is 24.9 Å². The molecule has 1 saturated heterocycles. The lowest BCUT2D eigenvalue weighted by molar-refractivity contribution is 0.494. The van der Waals surface area contributed by atoms with Crippen LogP contribution in [-0.2, 0) is 0 Å². The fourth-order valence-electron chi connectivity index (χ4n) is 3.06. The van der Waals surface area contributed by atoms with Gasteiger partial charge >= 0.3 is 0 Å². The number of nitrogens with zero attached hydrogens (tertiary/aromatic N) is 6. The van der Waals surface area contributed by atoms with E-state index in [-0.39, 0.29) is 0 Å². The Balaban J connectivity index is 1.50. The Morgan fingerprint density at radius 3 is 2.68 bits per heavy atom. The molecule has 3 aromatic rings. The molecule has 7 nitrogen and oxygen atoms in total. The molecule has 126 valence electrons. The molecule has 4 rings (SSSR count). The molecule has 3 aromatic heterocycles. The normalized spacial score (nSPS) is 17.3. The first kappa shape index (κ1) is 15.4. The highest BCUT2D eigenvalue weighted by Gasteiger charge is 2.24. The highest BCUT2D eigenvalue weighted by Crippen LogP contribution is 2.27. The Morgan fingerprint density at radius 2 is 1.84 bits per heavy atom. The lowest BCUT2D eigenvalue weighted by Gasteiger charge is -2.32. The van der Waals surface area contributed by atoms with E-state index >= 15 is 0 Å². The SMILES string of the molecule is c1ccc(Nc2cncc(C3CCCN(c4ncccn4)C3)n2)nc1. The lowest BCUT2D eigenvalue weighted by Crippen LogP contribution is -2.35. The van der Waals surface area contributed by atoms with Gasteiger partial charge in [-0.15, -0.1) is 0 Å². The molecule has 0 aromatic carbocycles. The van der Waals surface area contributed by atoms with E-state index in [0.29, 0.717) is 11.7 Å². The lowest BCUT2D eigenvalue weighted by atomic mass is 9.95. The summed E-state index contributed by atoms with van der Waals surface area (Å²) in [5.41, 5.74) is 0.988. The van der Waals surface area contributed by atoms with Crippen molar-refractivity contribution >= 4 is 17.6 Å². The average molecular weight is 333 g/mol. The smallest absolute Gasteiger partial charge is 0.225 e. The molecule has 0 aliphatic carbocycles. The van der Waals surface area contributed by atoms with Crippen LogP contribution in [0, 0.1) is 0 Å². The molecule has 7 heteroatoms. The molecule has 1 fully saturated rings. The topological polar surface area (TPSA) is 79.7 Å². The summed E-state index contributed by atoms with van der Waals surface area (Å²) in [6, 6.07) is 7.56. The van der Waals surface area contributed by atoms with Crippen LogP contribution < -0.4 is 10.2 Å². The Kier molecular flexibility index (Phi) is 4.45. The molecular formula is C18H19N7. The summed E-state index contributed by atoms with van der Waals surface area (Å²) < 4.78 is 0. The van der Waals surface area contributed by atoms with E-state index in [1.807, 2.05) is 30.5 Å². The van der Waals surface area contributed by atoms with Crippen molar-refractivity contribution < 1.29 is 0 Å². The number of hydrogen-bond acceptors (Lipinski definition) is 7. The monoisotopic (exact) mass is 333 g/mol. The summed E-state index contributed by atoms with van der Waals surface area (Å²) in [6.45, 7) is 1.82. The van der Waals surface area contributed by atoms with Gasteiger partial charge in [-0.3, -0.25) is 4.98 Å². The van der Waals surface area contributed by atoms with Crippen LogP contribution in [0.4, 0.5) is 17.6 Å². The maximum atomic E-state index is 4.74. The molecule has 1 unspecified atom stereocenters. The Hall–Kier alpha value is -3.09. The van der Waals surface area contributed by atoms with Crippen molar-refractivity contribution in [3.05, 3.63) is 60.9 Å². The number of anilines is 3. The highest BCUT2D eigenvalue weighted by atomic mass is 15.3. The second kappa shape index (κ2) is 7.21. The van der Waals surface area contributed by atoms with Crippen molar-refractivity contribution in [2.45, 2.75) is 18.8 Å². The molecule has 0 radical (unpaired) electrons. The minimum atomic E-state index is 0.315. The van der Waals surface area contributed by atoms with E-state index in [0.717, 1.165) is 43.4 Å². The third kappa shape index (κ3) is 3.71. The molecule has 1 aliphatic rings. The minimum Gasteiger partial charge on any atom is -0.340 e. The number of aromatic nitrogens is 5. The number of nitrogens with one attached hydrogen (secondary N) is 1. The third-order valence-electron chi connectivity index (χ3n) is 4.25. The van der Waals surface area contributed by atoms with Gasteiger partial charge in [0.05, 0.1) is 11.9 Å². The quantitative estimate of drug-likeness (QED) is 0.786. The second-order valence-electron chi connectivity index (χ2n) is 6.00. The molecule has 0 spiro atoms. The van der Waals surface area contributed by atoms with Crippen LogP contribution in [0.25, 0.3) is 0 Å². The van der Waals surface area contributed by atoms with Crippen LogP contribution >= 0.6 is 0 Å². The Labute approximate surface area is 146 Å². The maximum Gasteiger partial charge on any atom is 0.225 e. The van der Waals surface area contributed by atoms with Crippen LogP contribution in [0.5, 0.6) is 0 Å². The van der Waals surface area contributed by atoms with Crippen LogP contribution in [0.15, 0.2) is 55.2 Å². The van der Waals surface area contributed by atoms with Crippen LogP contribution in [0.3, 0.4) is 0 Å². The number of piperidine rings is 1. The number of pyridine rings is 1. The fraction of sp³-hybridized carbons (Fsp3) is 0.278. The van der Waals surface area contributed by atoms with Crippen molar-refractivity contribution in [1.29, 1.82) is 0 Å². The van der Waals surface area contributed by atoms with Crippen LogP contribution in [-0.4, -0.2) is 38.0 Å². The standard InChI is InChI=1S/C18H19N7/c1-2-7-20-16(6-1)24-17-12-19-11-15(23-17)14-5-3-10-25(13-14)18-21-8-4-9-22-18/h1-2,4,6-9,11-12,14H,3,5,10,13H2,(H,20,23,24). The second-order valence-corrected chi connectivity index (χ2v) is 6.00. The molecule has 0 bridgehead atoms. The van der Waals surface area contributed by atoms with Crippen LogP contribution in [0.1, 0.15) is 24.5 Å². The predicted octanol–water partition coefficient (Wildman–Crippen LogP) is 2.79. The average Bonchev–Trinajstić information content (AvgIpc) is 2.70. The summed E-state index contributed by atoms with van der Waals surface area (Å²) in [5, 5.41) is 3.20. The summed E-state index contributed by atoms with van der Waals surface area (Å²) in [7, 11) is 0. The molecule has 1 N–H and O–H groups in total. The van der Waals surface area contributed by atoms with Crippen molar-refractivity contribution in [3.8, 4) is 0 Å². The largest absolute Gasteiger partial charge is 0.340 e. The van der Waals surface area contributed by atoms with Gasteiger partial charge in [0.15, 0.2) is 0 Å². The van der Waals surface area contributed by atoms with E-state index < -0.39 is 0 Å². The summed E-state index contributed by atoms with van der Waals surface area (Å²) in [6.07, 6.45) is 11.1. The summed E-state index contributed by atoms with van der Waals surface area (Å²) in [5.74, 6) is 2.57. The first-order valence-electron chi connectivity index (χ1n) is 8.40. The van der Waals surface area contributed by atoms with Crippen molar-refractivity contribution in [3.63, 3.8) is 0 Å². The first-order chi connectivity index (χ1) is 12.4. The summed E-state index contributed by atoms with van der Waals surface area (Å²) in [4.78, 5) is 24.3. The Bertz CT molecular complexity index is 810. The van der Waals surface area contributed by atoms with Gasteiger partial charge in [0.2, 0.25) is 5.95 Å². The highest BCUT2D eigenvalue weighted by molar-refractivity contribution is 5.50. The zero-order valence-corrected chi connectivity index (χ0v) is 13.8. The molecule has 4 heterocycles. The molecular weight excluding hydrogens is 314 g/mol. The molecule has 25 heavy (non-hydrogen) atoms. The zero-order valence-electron chi connectivity index (χ0n) is 13.8. The van der Waals surface area contributed by atoms with Gasteiger partial charge in [0, 0.05) is 43.8 Å². The van der Waals surface area contributed by atoms with E-state index in [1.165, 1.54) is 0 Å². The van der Waals surface area contributed by atoms with Crippen molar-refractivity contribution in [2.75, 3.05) is 23.3 Å². The zero-order chi connectivity index (χ0) is 16.9. The van der Waals surface area contributed by atoms with Gasteiger partial charge in [-0.05, 0) is 31.0 Å². The maximum absolute atomic E-state index is 4.74. The predicted molar refractivity (Wildman–Crippen MR) is 95.8 cm³/mol. The first-order valence-corrected chi connectivity index (χ1v) is 8.40. The van der Waals surface area contributed by atoms with Crippen molar-refractivity contribution in [2.24, 2.45) is 0 Å². The summed E-state index contributed by atoms with van der Waals surface area (Å²) >= 11 is 0. The van der Waals surface area contributed by atoms with E-state index in [4.69, 9.17) is 4.98 Å². The van der Waals surface area contributed by atoms with E-state index in [9.17, 15) is 0 Å². The number of rotatable bonds is 4. The minimum absolute atomic E-state index is 0.315. The molecule has 0 amide bonds. The van der Waals surface area contributed by atoms with Gasteiger partial charge in [0.25, 0.3) is 0 Å². The third-order valence-corrected chi connectivity index (χ3v) is 4.25. The van der Waals surface area contributed by atoms with Gasteiger partial charge < -0.3 is 10.2 Å². The molecule has 0 saturated carbocycles. The van der Waals surface area contributed by atoms with Gasteiger partial charge in [0.1, 0.15) is 11.6 Å². The van der Waals surface area contributed by atoms with Gasteiger partial charge in [-0.25, -0.2) is 19.9 Å². The van der Waals surface area contributed by atoms with E-state index in [1.54, 1.807) is 24.8 Å². The fourth-order valence-corrected chi connectivity index (χ4v) is 3.06. The Morgan fingerprint density at radius 1 is 0.960 bits per heavy atom. The van der Waals surface area contributed by atoms with Gasteiger partial charge in [-0.2, -0.15) is 0 Å².